The molecule has 1 aromatic heterocycles. The van der Waals surface area contributed by atoms with E-state index in [1.807, 2.05) is 27.7 Å². The Morgan fingerprint density at radius 1 is 1.33 bits per heavy atom. The number of benzene rings is 1. The molecule has 1 saturated heterocycles. The van der Waals surface area contributed by atoms with E-state index in [0.717, 1.165) is 42.4 Å². The minimum atomic E-state index is 0.388. The van der Waals surface area contributed by atoms with Gasteiger partial charge in [-0.1, -0.05) is 0 Å². The summed E-state index contributed by atoms with van der Waals surface area (Å²) < 4.78 is 15.6. The van der Waals surface area contributed by atoms with E-state index in [0.29, 0.717) is 6.04 Å². The number of methoxy groups -OCH3 is 2. The number of rotatable bonds is 6. The summed E-state index contributed by atoms with van der Waals surface area (Å²) >= 11 is 5.50. The standard InChI is InChI=1S/C17H24N4O2S/c1-4-19-11-18-21(17(19)24)12-20-9-5-6-15(20)14-8-7-13(22-2)10-16(14)23-3/h7-8,10-11,15H,4-6,9,12H2,1-3H3/p+1/t15-/m0/s1. The van der Waals surface area contributed by atoms with Crippen LogP contribution in [-0.2, 0) is 13.2 Å². The van der Waals surface area contributed by atoms with Crippen LogP contribution in [0.25, 0.3) is 0 Å². The van der Waals surface area contributed by atoms with Crippen LogP contribution in [0.4, 0.5) is 0 Å². The van der Waals surface area contributed by atoms with Crippen LogP contribution >= 0.6 is 12.2 Å². The van der Waals surface area contributed by atoms with Gasteiger partial charge in [0.15, 0.2) is 6.67 Å². The lowest BCUT2D eigenvalue weighted by molar-refractivity contribution is -0.941. The van der Waals surface area contributed by atoms with Crippen molar-refractivity contribution < 1.29 is 14.4 Å². The van der Waals surface area contributed by atoms with E-state index in [4.69, 9.17) is 21.7 Å². The van der Waals surface area contributed by atoms with Gasteiger partial charge in [-0.25, -0.2) is 0 Å². The summed E-state index contributed by atoms with van der Waals surface area (Å²) in [5.74, 6) is 1.71. The zero-order chi connectivity index (χ0) is 17.1. The topological polar surface area (TPSA) is 45.7 Å². The van der Waals surface area contributed by atoms with Crippen molar-refractivity contribution in [2.24, 2.45) is 0 Å². The van der Waals surface area contributed by atoms with E-state index < -0.39 is 0 Å². The first kappa shape index (κ1) is 17.0. The molecule has 24 heavy (non-hydrogen) atoms. The van der Waals surface area contributed by atoms with E-state index in [2.05, 4.69) is 18.1 Å². The van der Waals surface area contributed by atoms with Gasteiger partial charge in [0.05, 0.1) is 26.3 Å². The number of nitrogens with zero attached hydrogens (tertiary/aromatic N) is 3. The lowest BCUT2D eigenvalue weighted by Crippen LogP contribution is -3.09. The number of hydrogen-bond acceptors (Lipinski definition) is 4. The number of likely N-dealkylation sites (tertiary alicyclic amines) is 1. The molecule has 3 rings (SSSR count). The smallest absolute Gasteiger partial charge is 0.202 e. The van der Waals surface area contributed by atoms with Gasteiger partial charge in [0.1, 0.15) is 23.9 Å². The largest absolute Gasteiger partial charge is 0.497 e. The van der Waals surface area contributed by atoms with Crippen molar-refractivity contribution in [1.29, 1.82) is 0 Å². The third-order valence-electron chi connectivity index (χ3n) is 4.79. The predicted octanol–water partition coefficient (Wildman–Crippen LogP) is 1.83. The third-order valence-corrected chi connectivity index (χ3v) is 5.24. The average Bonchev–Trinajstić information content (AvgIpc) is 3.21. The molecule has 2 atom stereocenters. The Bertz CT molecular complexity index is 755. The van der Waals surface area contributed by atoms with E-state index in [-0.39, 0.29) is 0 Å². The van der Waals surface area contributed by atoms with Crippen LogP contribution in [0.15, 0.2) is 24.5 Å². The van der Waals surface area contributed by atoms with Crippen LogP contribution in [0.2, 0.25) is 0 Å². The Hall–Kier alpha value is -1.86. The number of ether oxygens (including phenoxy) is 2. The quantitative estimate of drug-likeness (QED) is 0.808. The number of quaternary nitrogens is 1. The van der Waals surface area contributed by atoms with Gasteiger partial charge in [-0.15, -0.1) is 0 Å². The van der Waals surface area contributed by atoms with Crippen molar-refractivity contribution in [2.45, 2.75) is 39.0 Å². The molecule has 1 N–H and O–H groups in total. The molecule has 2 heterocycles. The monoisotopic (exact) mass is 349 g/mol. The predicted molar refractivity (Wildman–Crippen MR) is 94.1 cm³/mol. The van der Waals surface area contributed by atoms with E-state index in [9.17, 15) is 0 Å². The molecule has 1 fully saturated rings. The molecular weight excluding hydrogens is 324 g/mol. The molecule has 0 radical (unpaired) electrons. The van der Waals surface area contributed by atoms with Crippen LogP contribution in [0.3, 0.4) is 0 Å². The zero-order valence-corrected chi connectivity index (χ0v) is 15.3. The highest BCUT2D eigenvalue weighted by molar-refractivity contribution is 7.71. The first-order valence-electron chi connectivity index (χ1n) is 8.36. The maximum atomic E-state index is 5.60. The minimum absolute atomic E-state index is 0.388. The van der Waals surface area contributed by atoms with Gasteiger partial charge in [0, 0.05) is 25.5 Å². The Kier molecular flexibility index (Phi) is 5.20. The van der Waals surface area contributed by atoms with E-state index in [1.54, 1.807) is 14.2 Å². The summed E-state index contributed by atoms with van der Waals surface area (Å²) in [6.07, 6.45) is 4.15. The number of aromatic nitrogens is 3. The molecular formula is C17H25N4O2S+. The summed E-state index contributed by atoms with van der Waals surface area (Å²) in [6.45, 7) is 4.83. The van der Waals surface area contributed by atoms with Gasteiger partial charge in [0.25, 0.3) is 0 Å². The van der Waals surface area contributed by atoms with Crippen molar-refractivity contribution in [1.82, 2.24) is 14.3 Å². The molecule has 0 spiro atoms. The Morgan fingerprint density at radius 3 is 2.83 bits per heavy atom. The fourth-order valence-electron chi connectivity index (χ4n) is 3.47. The molecule has 0 saturated carbocycles. The van der Waals surface area contributed by atoms with Crippen LogP contribution in [0.5, 0.6) is 11.5 Å². The molecule has 1 aliphatic heterocycles. The molecule has 0 aliphatic carbocycles. The van der Waals surface area contributed by atoms with Crippen molar-refractivity contribution >= 4 is 12.2 Å². The fraction of sp³-hybridized carbons (Fsp3) is 0.529. The third kappa shape index (κ3) is 3.18. The van der Waals surface area contributed by atoms with E-state index in [1.165, 1.54) is 16.9 Å². The van der Waals surface area contributed by atoms with Crippen molar-refractivity contribution in [3.05, 3.63) is 34.9 Å². The van der Waals surface area contributed by atoms with Gasteiger partial charge < -0.3 is 18.9 Å². The SMILES string of the molecule is CCn1cnn(C[NH+]2CCC[C@H]2c2ccc(OC)cc2OC)c1=S. The van der Waals surface area contributed by atoms with Crippen molar-refractivity contribution in [2.75, 3.05) is 20.8 Å². The molecule has 7 heteroatoms. The summed E-state index contributed by atoms with van der Waals surface area (Å²) in [6, 6.07) is 6.48. The van der Waals surface area contributed by atoms with Gasteiger partial charge in [-0.2, -0.15) is 9.78 Å². The molecule has 1 unspecified atom stereocenters. The maximum Gasteiger partial charge on any atom is 0.202 e. The normalized spacial score (nSPS) is 20.3. The Balaban J connectivity index is 1.85. The van der Waals surface area contributed by atoms with E-state index >= 15 is 0 Å². The Morgan fingerprint density at radius 2 is 2.17 bits per heavy atom. The summed E-state index contributed by atoms with van der Waals surface area (Å²) in [5, 5.41) is 4.45. The highest BCUT2D eigenvalue weighted by atomic mass is 32.1. The maximum absolute atomic E-state index is 5.60. The first-order valence-corrected chi connectivity index (χ1v) is 8.77. The van der Waals surface area contributed by atoms with Gasteiger partial charge in [-0.05, 0) is 31.3 Å². The van der Waals surface area contributed by atoms with Crippen LogP contribution in [0, 0.1) is 4.77 Å². The number of nitrogens with one attached hydrogen (secondary N) is 1. The summed E-state index contributed by atoms with van der Waals surface area (Å²) in [7, 11) is 3.39. The minimum Gasteiger partial charge on any atom is -0.497 e. The fourth-order valence-corrected chi connectivity index (χ4v) is 3.76. The van der Waals surface area contributed by atoms with Crippen molar-refractivity contribution in [3.8, 4) is 11.5 Å². The molecule has 1 aliphatic rings. The first-order chi connectivity index (χ1) is 11.7. The molecule has 6 nitrogen and oxygen atoms in total. The summed E-state index contributed by atoms with van der Waals surface area (Å²) in [5.41, 5.74) is 1.23. The second kappa shape index (κ2) is 7.36. The van der Waals surface area contributed by atoms with Crippen LogP contribution in [-0.4, -0.2) is 35.1 Å². The molecule has 2 aromatic rings. The second-order valence-corrected chi connectivity index (χ2v) is 6.43. The van der Waals surface area contributed by atoms with Crippen LogP contribution < -0.4 is 14.4 Å². The highest BCUT2D eigenvalue weighted by Crippen LogP contribution is 2.31. The van der Waals surface area contributed by atoms with Crippen molar-refractivity contribution in [3.63, 3.8) is 0 Å². The molecule has 0 amide bonds. The Labute approximate surface area is 147 Å². The lowest BCUT2D eigenvalue weighted by atomic mass is 10.0. The zero-order valence-electron chi connectivity index (χ0n) is 14.5. The molecule has 130 valence electrons. The molecule has 0 bridgehead atoms. The average molecular weight is 349 g/mol. The van der Waals surface area contributed by atoms with Gasteiger partial charge in [-0.3, -0.25) is 0 Å². The second-order valence-electron chi connectivity index (χ2n) is 6.07. The summed E-state index contributed by atoms with van der Waals surface area (Å²) in [4.78, 5) is 1.47. The van der Waals surface area contributed by atoms with Gasteiger partial charge in [0.2, 0.25) is 4.77 Å². The number of aryl methyl sites for hydroxylation is 1. The van der Waals surface area contributed by atoms with Gasteiger partial charge >= 0.3 is 0 Å². The van der Waals surface area contributed by atoms with Crippen LogP contribution in [0.1, 0.15) is 31.4 Å². The lowest BCUT2D eigenvalue weighted by Gasteiger charge is -2.23. The molecule has 1 aromatic carbocycles. The number of hydrogen-bond donors (Lipinski definition) is 1. The highest BCUT2D eigenvalue weighted by Gasteiger charge is 2.33.